The molecule has 32 heavy (non-hydrogen) atoms. The molecule has 3 heterocycles. The van der Waals surface area contributed by atoms with Gasteiger partial charge in [0.1, 0.15) is 5.82 Å². The van der Waals surface area contributed by atoms with E-state index < -0.39 is 6.03 Å². The second-order valence-electron chi connectivity index (χ2n) is 7.24. The fourth-order valence-electron chi connectivity index (χ4n) is 3.66. The van der Waals surface area contributed by atoms with Crippen LogP contribution in [0.25, 0.3) is 28.1 Å². The highest BCUT2D eigenvalue weighted by Crippen LogP contribution is 2.30. The summed E-state index contributed by atoms with van der Waals surface area (Å²) >= 11 is 0. The fraction of sp³-hybridized carbons (Fsp3) is 0.182. The third kappa shape index (κ3) is 3.84. The number of hydrogen-bond acceptors (Lipinski definition) is 7. The standard InChI is InChI=1S/C22H21N7O3/c30-22(27-31)24-16-8-6-15(7-9-16)19-25-20(28-10-12-32-13-11-28)18-14-23-29(21(18)26-19)17-4-2-1-3-5-17/h1-9,14,31H,10-13H2,(H2,24,27,30). The van der Waals surface area contributed by atoms with Crippen molar-refractivity contribution in [2.75, 3.05) is 36.5 Å². The van der Waals surface area contributed by atoms with Gasteiger partial charge in [-0.05, 0) is 36.4 Å². The summed E-state index contributed by atoms with van der Waals surface area (Å²) in [5, 5.41) is 16.7. The largest absolute Gasteiger partial charge is 0.378 e. The summed E-state index contributed by atoms with van der Waals surface area (Å²) in [6.45, 7) is 2.75. The maximum absolute atomic E-state index is 11.3. The zero-order valence-corrected chi connectivity index (χ0v) is 17.1. The van der Waals surface area contributed by atoms with Crippen molar-refractivity contribution in [1.29, 1.82) is 0 Å². The first-order valence-corrected chi connectivity index (χ1v) is 10.2. The molecule has 3 N–H and O–H groups in total. The quantitative estimate of drug-likeness (QED) is 0.336. The Morgan fingerprint density at radius 1 is 1.00 bits per heavy atom. The van der Waals surface area contributed by atoms with Crippen LogP contribution in [0.4, 0.5) is 16.3 Å². The molecule has 2 aromatic heterocycles. The number of nitrogens with zero attached hydrogens (tertiary/aromatic N) is 5. The van der Waals surface area contributed by atoms with Crippen LogP contribution in [0.2, 0.25) is 0 Å². The van der Waals surface area contributed by atoms with E-state index in [1.165, 1.54) is 0 Å². The van der Waals surface area contributed by atoms with Gasteiger partial charge < -0.3 is 15.0 Å². The Balaban J connectivity index is 1.61. The predicted molar refractivity (Wildman–Crippen MR) is 119 cm³/mol. The number of aromatic nitrogens is 4. The summed E-state index contributed by atoms with van der Waals surface area (Å²) in [4.78, 5) is 23.2. The number of amides is 2. The number of anilines is 2. The van der Waals surface area contributed by atoms with E-state index in [-0.39, 0.29) is 0 Å². The van der Waals surface area contributed by atoms with Gasteiger partial charge in [-0.25, -0.2) is 24.9 Å². The Morgan fingerprint density at radius 3 is 2.47 bits per heavy atom. The van der Waals surface area contributed by atoms with E-state index in [0.717, 1.165) is 35.5 Å². The fourth-order valence-corrected chi connectivity index (χ4v) is 3.66. The lowest BCUT2D eigenvalue weighted by molar-refractivity contribution is 0.122. The Labute approximate surface area is 183 Å². The first-order chi connectivity index (χ1) is 15.7. The molecule has 1 saturated heterocycles. The van der Waals surface area contributed by atoms with Gasteiger partial charge in [-0.15, -0.1) is 0 Å². The van der Waals surface area contributed by atoms with Gasteiger partial charge >= 0.3 is 6.03 Å². The van der Waals surface area contributed by atoms with E-state index in [0.29, 0.717) is 30.4 Å². The molecule has 0 aliphatic carbocycles. The maximum Gasteiger partial charge on any atom is 0.342 e. The van der Waals surface area contributed by atoms with Crippen LogP contribution in [0.15, 0.2) is 60.8 Å². The third-order valence-electron chi connectivity index (χ3n) is 5.22. The molecule has 5 rings (SSSR count). The van der Waals surface area contributed by atoms with E-state index in [4.69, 9.17) is 19.9 Å². The Hall–Kier alpha value is -4.02. The lowest BCUT2D eigenvalue weighted by atomic mass is 10.2. The van der Waals surface area contributed by atoms with Crippen molar-refractivity contribution in [3.8, 4) is 17.1 Å². The average molecular weight is 431 g/mol. The highest BCUT2D eigenvalue weighted by atomic mass is 16.5. The van der Waals surface area contributed by atoms with E-state index in [1.807, 2.05) is 47.1 Å². The third-order valence-corrected chi connectivity index (χ3v) is 5.22. The molecule has 162 valence electrons. The number of fused-ring (bicyclic) bond motifs is 1. The molecule has 2 aromatic carbocycles. The van der Waals surface area contributed by atoms with Crippen molar-refractivity contribution < 1.29 is 14.7 Å². The van der Waals surface area contributed by atoms with Crippen LogP contribution in [-0.4, -0.2) is 57.3 Å². The zero-order valence-electron chi connectivity index (χ0n) is 17.1. The predicted octanol–water partition coefficient (Wildman–Crippen LogP) is 2.83. The minimum Gasteiger partial charge on any atom is -0.378 e. The zero-order chi connectivity index (χ0) is 21.9. The highest BCUT2D eigenvalue weighted by Gasteiger charge is 2.21. The second kappa shape index (κ2) is 8.61. The van der Waals surface area contributed by atoms with E-state index in [1.54, 1.807) is 23.8 Å². The van der Waals surface area contributed by atoms with Crippen molar-refractivity contribution in [3.05, 3.63) is 60.8 Å². The molecular formula is C22H21N7O3. The first-order valence-electron chi connectivity index (χ1n) is 10.2. The molecule has 0 bridgehead atoms. The van der Waals surface area contributed by atoms with Gasteiger partial charge in [0.2, 0.25) is 0 Å². The average Bonchev–Trinajstić information content (AvgIpc) is 3.29. The Morgan fingerprint density at radius 2 is 1.75 bits per heavy atom. The number of urea groups is 1. The van der Waals surface area contributed by atoms with E-state index in [2.05, 4.69) is 15.3 Å². The summed E-state index contributed by atoms with van der Waals surface area (Å²) in [7, 11) is 0. The smallest absolute Gasteiger partial charge is 0.342 e. The van der Waals surface area contributed by atoms with Gasteiger partial charge in [0, 0.05) is 24.3 Å². The van der Waals surface area contributed by atoms with Gasteiger partial charge in [-0.1, -0.05) is 18.2 Å². The maximum atomic E-state index is 11.3. The SMILES string of the molecule is O=C(NO)Nc1ccc(-c2nc(N3CCOCC3)c3cnn(-c4ccccc4)c3n2)cc1. The number of carbonyl (C=O) groups is 1. The van der Waals surface area contributed by atoms with Crippen LogP contribution in [-0.2, 0) is 4.74 Å². The van der Waals surface area contributed by atoms with Crippen LogP contribution in [0.3, 0.4) is 0 Å². The highest BCUT2D eigenvalue weighted by molar-refractivity contribution is 5.90. The molecule has 0 atom stereocenters. The van der Waals surface area contributed by atoms with Crippen molar-refractivity contribution in [2.24, 2.45) is 0 Å². The minimum absolute atomic E-state index is 0.532. The molecule has 0 unspecified atom stereocenters. The van der Waals surface area contributed by atoms with Gasteiger partial charge in [0.25, 0.3) is 0 Å². The molecule has 0 saturated carbocycles. The number of carbonyl (C=O) groups excluding carboxylic acids is 1. The van der Waals surface area contributed by atoms with E-state index >= 15 is 0 Å². The van der Waals surface area contributed by atoms with Crippen molar-refractivity contribution in [1.82, 2.24) is 25.2 Å². The van der Waals surface area contributed by atoms with Crippen LogP contribution in [0.5, 0.6) is 0 Å². The number of para-hydroxylation sites is 1. The monoisotopic (exact) mass is 431 g/mol. The van der Waals surface area contributed by atoms with Gasteiger partial charge in [0.15, 0.2) is 11.5 Å². The molecule has 1 aliphatic rings. The number of ether oxygens (including phenoxy) is 1. The molecule has 0 spiro atoms. The summed E-state index contributed by atoms with van der Waals surface area (Å²) < 4.78 is 7.32. The second-order valence-corrected chi connectivity index (χ2v) is 7.24. The van der Waals surface area contributed by atoms with Gasteiger partial charge in [-0.2, -0.15) is 5.10 Å². The first kappa shape index (κ1) is 19.9. The van der Waals surface area contributed by atoms with Crippen molar-refractivity contribution in [2.45, 2.75) is 0 Å². The normalized spacial score (nSPS) is 13.8. The number of rotatable bonds is 4. The lowest BCUT2D eigenvalue weighted by Crippen LogP contribution is -2.37. The molecule has 2 amide bonds. The Kier molecular flexibility index (Phi) is 5.36. The summed E-state index contributed by atoms with van der Waals surface area (Å²) in [6.07, 6.45) is 1.80. The summed E-state index contributed by atoms with van der Waals surface area (Å²) in [5.41, 5.74) is 4.49. The van der Waals surface area contributed by atoms with Crippen molar-refractivity contribution >= 4 is 28.6 Å². The van der Waals surface area contributed by atoms with Gasteiger partial charge in [0.05, 0.1) is 30.5 Å². The van der Waals surface area contributed by atoms with Crippen molar-refractivity contribution in [3.63, 3.8) is 0 Å². The number of nitrogens with one attached hydrogen (secondary N) is 2. The molecule has 4 aromatic rings. The van der Waals surface area contributed by atoms with Crippen LogP contribution >= 0.6 is 0 Å². The number of hydroxylamine groups is 1. The van der Waals surface area contributed by atoms with Gasteiger partial charge in [-0.3, -0.25) is 5.21 Å². The molecule has 1 fully saturated rings. The van der Waals surface area contributed by atoms with E-state index in [9.17, 15) is 4.79 Å². The number of hydrogen-bond donors (Lipinski definition) is 3. The Bertz CT molecular complexity index is 1240. The molecule has 1 aliphatic heterocycles. The van der Waals surface area contributed by atoms with Crippen LogP contribution < -0.4 is 15.7 Å². The topological polar surface area (TPSA) is 117 Å². The number of morpholine rings is 1. The molecule has 0 radical (unpaired) electrons. The minimum atomic E-state index is -0.711. The lowest BCUT2D eigenvalue weighted by Gasteiger charge is -2.28. The number of benzene rings is 2. The molecule has 10 heteroatoms. The molecular weight excluding hydrogens is 410 g/mol. The van der Waals surface area contributed by atoms with Crippen LogP contribution in [0, 0.1) is 0 Å². The molecule has 10 nitrogen and oxygen atoms in total. The van der Waals surface area contributed by atoms with Crippen LogP contribution in [0.1, 0.15) is 0 Å². The summed E-state index contributed by atoms with van der Waals surface area (Å²) in [6, 6.07) is 16.2. The summed E-state index contributed by atoms with van der Waals surface area (Å²) in [5.74, 6) is 1.37.